The number of ketones is 1. The molecule has 0 spiro atoms. The van der Waals surface area contributed by atoms with Crippen LogP contribution in [-0.4, -0.2) is 28.8 Å². The number of benzene rings is 2. The summed E-state index contributed by atoms with van der Waals surface area (Å²) >= 11 is 7.71. The summed E-state index contributed by atoms with van der Waals surface area (Å²) in [7, 11) is 1.49. The molecule has 1 aliphatic rings. The van der Waals surface area contributed by atoms with E-state index in [-0.39, 0.29) is 17.9 Å². The van der Waals surface area contributed by atoms with E-state index >= 15 is 0 Å². The average molecular weight is 440 g/mol. The van der Waals surface area contributed by atoms with E-state index in [1.807, 2.05) is 47.8 Å². The number of carbonyl (C=O) groups excluding carboxylic acids is 2. The molecule has 2 heterocycles. The van der Waals surface area contributed by atoms with Crippen molar-refractivity contribution in [2.75, 3.05) is 7.11 Å². The van der Waals surface area contributed by atoms with Crippen LogP contribution in [0.3, 0.4) is 0 Å². The van der Waals surface area contributed by atoms with Crippen LogP contribution in [0.1, 0.15) is 22.0 Å². The molecule has 30 heavy (non-hydrogen) atoms. The number of aliphatic hydroxyl groups excluding tert-OH is 1. The molecule has 0 radical (unpaired) electrons. The largest absolute Gasteiger partial charge is 0.507 e. The first-order valence-electron chi connectivity index (χ1n) is 9.21. The monoisotopic (exact) mass is 439 g/mol. The molecule has 1 aromatic heterocycles. The molecule has 1 fully saturated rings. The highest BCUT2D eigenvalue weighted by Crippen LogP contribution is 2.41. The number of thiophene rings is 1. The summed E-state index contributed by atoms with van der Waals surface area (Å²) in [5.74, 6) is -1.17. The van der Waals surface area contributed by atoms with Gasteiger partial charge in [-0.3, -0.25) is 9.59 Å². The lowest BCUT2D eigenvalue weighted by Gasteiger charge is -2.25. The van der Waals surface area contributed by atoms with Crippen LogP contribution in [0.15, 0.2) is 71.6 Å². The van der Waals surface area contributed by atoms with E-state index in [1.165, 1.54) is 29.4 Å². The number of halogens is 1. The second kappa shape index (κ2) is 8.34. The predicted octanol–water partition coefficient (Wildman–Crippen LogP) is 5.03. The molecule has 0 bridgehead atoms. The Morgan fingerprint density at radius 3 is 2.53 bits per heavy atom. The Kier molecular flexibility index (Phi) is 5.61. The van der Waals surface area contributed by atoms with Crippen molar-refractivity contribution in [2.24, 2.45) is 0 Å². The molecule has 4 rings (SSSR count). The number of ether oxygens (including phenoxy) is 1. The topological polar surface area (TPSA) is 66.8 Å². The van der Waals surface area contributed by atoms with E-state index in [4.69, 9.17) is 16.3 Å². The minimum absolute atomic E-state index is 0.0454. The summed E-state index contributed by atoms with van der Waals surface area (Å²) in [6.07, 6.45) is 0. The minimum atomic E-state index is -0.718. The van der Waals surface area contributed by atoms with Crippen molar-refractivity contribution in [3.05, 3.63) is 92.6 Å². The molecule has 1 N–H and O–H groups in total. The number of hydrogen-bond donors (Lipinski definition) is 1. The number of rotatable bonds is 5. The van der Waals surface area contributed by atoms with Crippen LogP contribution in [0.25, 0.3) is 5.76 Å². The fraction of sp³-hybridized carbons (Fsp3) is 0.130. The maximum Gasteiger partial charge on any atom is 0.295 e. The fourth-order valence-electron chi connectivity index (χ4n) is 3.56. The first-order valence-corrected chi connectivity index (χ1v) is 10.5. The van der Waals surface area contributed by atoms with Gasteiger partial charge in [0.25, 0.3) is 11.7 Å². The van der Waals surface area contributed by atoms with Gasteiger partial charge in [0, 0.05) is 10.4 Å². The molecule has 0 aliphatic carbocycles. The molecule has 1 atom stereocenters. The number of nitrogens with zero attached hydrogens (tertiary/aromatic N) is 1. The SMILES string of the molecule is COc1ccc(/C(O)=C2/C(=O)C(=O)N(Cc3cccs3)C2c2ccccc2)cc1Cl. The first-order chi connectivity index (χ1) is 14.5. The Balaban J connectivity index is 1.85. The van der Waals surface area contributed by atoms with Crippen LogP contribution < -0.4 is 4.74 Å². The van der Waals surface area contributed by atoms with E-state index < -0.39 is 17.7 Å². The highest BCUT2D eigenvalue weighted by atomic mass is 35.5. The van der Waals surface area contributed by atoms with Crippen molar-refractivity contribution < 1.29 is 19.4 Å². The van der Waals surface area contributed by atoms with Gasteiger partial charge in [0.05, 0.1) is 30.3 Å². The van der Waals surface area contributed by atoms with Crippen LogP contribution in [0, 0.1) is 0 Å². The number of aliphatic hydroxyl groups is 1. The van der Waals surface area contributed by atoms with Gasteiger partial charge in [-0.1, -0.05) is 48.0 Å². The van der Waals surface area contributed by atoms with Gasteiger partial charge >= 0.3 is 0 Å². The standard InChI is InChI=1S/C23H18ClNO4S/c1-29-18-10-9-15(12-17(18)24)21(26)19-20(14-6-3-2-4-7-14)25(23(28)22(19)27)13-16-8-5-11-30-16/h2-12,20,26H,13H2,1H3/b21-19-. The molecule has 3 aromatic rings. The van der Waals surface area contributed by atoms with E-state index in [1.54, 1.807) is 12.1 Å². The van der Waals surface area contributed by atoms with Crippen LogP contribution in [0.2, 0.25) is 5.02 Å². The average Bonchev–Trinajstić information content (AvgIpc) is 3.36. The normalized spacial score (nSPS) is 18.1. The van der Waals surface area contributed by atoms with Crippen LogP contribution >= 0.6 is 22.9 Å². The van der Waals surface area contributed by atoms with Crippen LogP contribution in [0.5, 0.6) is 5.75 Å². The number of amides is 1. The first kappa shape index (κ1) is 20.2. The molecule has 7 heteroatoms. The number of likely N-dealkylation sites (tertiary alicyclic amines) is 1. The quantitative estimate of drug-likeness (QED) is 0.344. The van der Waals surface area contributed by atoms with E-state index in [9.17, 15) is 14.7 Å². The fourth-order valence-corrected chi connectivity index (χ4v) is 4.52. The molecule has 152 valence electrons. The van der Waals surface area contributed by atoms with E-state index in [0.29, 0.717) is 16.3 Å². The third-order valence-corrected chi connectivity index (χ3v) is 6.14. The van der Waals surface area contributed by atoms with Gasteiger partial charge in [0.15, 0.2) is 0 Å². The van der Waals surface area contributed by atoms with Gasteiger partial charge in [0.1, 0.15) is 11.5 Å². The van der Waals surface area contributed by atoms with Gasteiger partial charge in [-0.05, 0) is 35.2 Å². The second-order valence-corrected chi connectivity index (χ2v) is 8.21. The molecule has 1 unspecified atom stereocenters. The molecular weight excluding hydrogens is 422 g/mol. The maximum atomic E-state index is 13.0. The summed E-state index contributed by atoms with van der Waals surface area (Å²) in [6.45, 7) is 0.280. The Morgan fingerprint density at radius 2 is 1.90 bits per heavy atom. The third-order valence-electron chi connectivity index (χ3n) is 4.99. The van der Waals surface area contributed by atoms with Crippen molar-refractivity contribution in [1.29, 1.82) is 0 Å². The summed E-state index contributed by atoms with van der Waals surface area (Å²) in [4.78, 5) is 28.4. The lowest BCUT2D eigenvalue weighted by Crippen LogP contribution is -2.28. The zero-order valence-electron chi connectivity index (χ0n) is 16.0. The number of methoxy groups -OCH3 is 1. The zero-order chi connectivity index (χ0) is 21.3. The van der Waals surface area contributed by atoms with Crippen molar-refractivity contribution in [2.45, 2.75) is 12.6 Å². The van der Waals surface area contributed by atoms with Crippen LogP contribution in [0.4, 0.5) is 0 Å². The van der Waals surface area contributed by atoms with Gasteiger partial charge in [-0.25, -0.2) is 0 Å². The zero-order valence-corrected chi connectivity index (χ0v) is 17.6. The summed E-state index contributed by atoms with van der Waals surface area (Å²) in [6, 6.07) is 17.1. The van der Waals surface area contributed by atoms with Gasteiger partial charge in [0.2, 0.25) is 0 Å². The lowest BCUT2D eigenvalue weighted by atomic mass is 9.95. The highest BCUT2D eigenvalue weighted by Gasteiger charge is 2.46. The Morgan fingerprint density at radius 1 is 1.13 bits per heavy atom. The molecule has 1 amide bonds. The third kappa shape index (κ3) is 3.60. The van der Waals surface area contributed by atoms with Gasteiger partial charge in [-0.2, -0.15) is 0 Å². The molecule has 1 saturated heterocycles. The van der Waals surface area contributed by atoms with Crippen molar-refractivity contribution in [3.8, 4) is 5.75 Å². The Hall–Kier alpha value is -3.09. The second-order valence-electron chi connectivity index (χ2n) is 6.77. The van der Waals surface area contributed by atoms with Gasteiger partial charge < -0.3 is 14.7 Å². The number of Topliss-reactive ketones (excluding diaryl/α,β-unsaturated/α-hetero) is 1. The number of carbonyl (C=O) groups is 2. The highest BCUT2D eigenvalue weighted by molar-refractivity contribution is 7.09. The molecular formula is C23H18ClNO4S. The van der Waals surface area contributed by atoms with Crippen molar-refractivity contribution >= 4 is 40.4 Å². The van der Waals surface area contributed by atoms with Crippen LogP contribution in [-0.2, 0) is 16.1 Å². The number of hydrogen-bond acceptors (Lipinski definition) is 5. The predicted molar refractivity (Wildman–Crippen MR) is 117 cm³/mol. The molecule has 1 aliphatic heterocycles. The summed E-state index contributed by atoms with van der Waals surface area (Å²) in [5.41, 5.74) is 1.13. The van der Waals surface area contributed by atoms with E-state index in [0.717, 1.165) is 10.4 Å². The Bertz CT molecular complexity index is 1130. The molecule has 5 nitrogen and oxygen atoms in total. The van der Waals surface area contributed by atoms with Crippen molar-refractivity contribution in [3.63, 3.8) is 0 Å². The van der Waals surface area contributed by atoms with E-state index in [2.05, 4.69) is 0 Å². The lowest BCUT2D eigenvalue weighted by molar-refractivity contribution is -0.140. The van der Waals surface area contributed by atoms with Gasteiger partial charge in [-0.15, -0.1) is 11.3 Å². The minimum Gasteiger partial charge on any atom is -0.507 e. The smallest absolute Gasteiger partial charge is 0.295 e. The van der Waals surface area contributed by atoms with Crippen molar-refractivity contribution in [1.82, 2.24) is 4.90 Å². The maximum absolute atomic E-state index is 13.0. The summed E-state index contributed by atoms with van der Waals surface area (Å²) < 4.78 is 5.15. The molecule has 2 aromatic carbocycles. The Labute approximate surface area is 182 Å². The summed E-state index contributed by atoms with van der Waals surface area (Å²) in [5, 5.41) is 13.3. The molecule has 0 saturated carbocycles.